The molecule has 1 aromatic heterocycles. The first-order valence-corrected chi connectivity index (χ1v) is 3.77. The fourth-order valence-electron chi connectivity index (χ4n) is 0.595. The molecule has 0 atom stereocenters. The number of rotatable bonds is 1. The number of aromatic nitrogens is 1. The van der Waals surface area contributed by atoms with Gasteiger partial charge in [-0.2, -0.15) is 0 Å². The highest BCUT2D eigenvalue weighted by Crippen LogP contribution is 2.22. The highest BCUT2D eigenvalue weighted by atomic mass is 127. The van der Waals surface area contributed by atoms with E-state index in [1.165, 1.54) is 0 Å². The number of pyridine rings is 1. The zero-order valence-electron chi connectivity index (χ0n) is 5.47. The molecule has 0 aromatic carbocycles. The Morgan fingerprint density at radius 1 is 1.70 bits per heavy atom. The van der Waals surface area contributed by atoms with Crippen molar-refractivity contribution in [3.05, 3.63) is 15.8 Å². The quantitative estimate of drug-likeness (QED) is 0.763. The number of anilines is 1. The number of hydrogen-bond acceptors (Lipinski definition) is 3. The molecule has 1 heterocycles. The van der Waals surface area contributed by atoms with Crippen LogP contribution in [0.25, 0.3) is 0 Å². The second-order valence-corrected chi connectivity index (χ2v) is 2.88. The van der Waals surface area contributed by atoms with Crippen LogP contribution in [0.15, 0.2) is 12.3 Å². The molecule has 0 unspecified atom stereocenters. The van der Waals surface area contributed by atoms with Gasteiger partial charge in [-0.05, 0) is 28.7 Å². The maximum absolute atomic E-state index is 5.60. The summed E-state index contributed by atoms with van der Waals surface area (Å²) in [4.78, 5) is 3.91. The van der Waals surface area contributed by atoms with Gasteiger partial charge >= 0.3 is 0 Å². The molecule has 0 saturated carbocycles. The second kappa shape index (κ2) is 3.05. The molecule has 0 radical (unpaired) electrons. The van der Waals surface area contributed by atoms with Crippen molar-refractivity contribution in [3.8, 4) is 5.88 Å². The second-order valence-electron chi connectivity index (χ2n) is 1.72. The van der Waals surface area contributed by atoms with Gasteiger partial charge in [-0.25, -0.2) is 4.98 Å². The van der Waals surface area contributed by atoms with E-state index in [4.69, 9.17) is 10.5 Å². The Balaban J connectivity index is 3.14. The van der Waals surface area contributed by atoms with E-state index in [9.17, 15) is 0 Å². The Kier molecular flexibility index (Phi) is 2.31. The first-order valence-electron chi connectivity index (χ1n) is 2.69. The fraction of sp³-hybridized carbons (Fsp3) is 0.167. The summed E-state index contributed by atoms with van der Waals surface area (Å²) in [5.74, 6) is 0.493. The molecule has 0 aliphatic heterocycles. The monoisotopic (exact) mass is 250 g/mol. The van der Waals surface area contributed by atoms with Crippen LogP contribution in [0.3, 0.4) is 0 Å². The van der Waals surface area contributed by atoms with Crippen LogP contribution in [-0.4, -0.2) is 12.1 Å². The summed E-state index contributed by atoms with van der Waals surface area (Å²) in [5.41, 5.74) is 6.20. The number of nitrogens with zero attached hydrogens (tertiary/aromatic N) is 1. The van der Waals surface area contributed by atoms with E-state index >= 15 is 0 Å². The van der Waals surface area contributed by atoms with Crippen molar-refractivity contribution in [1.29, 1.82) is 0 Å². The number of nitrogens with two attached hydrogens (primary N) is 1. The Labute approximate surface area is 72.7 Å². The molecule has 54 valence electrons. The lowest BCUT2D eigenvalue weighted by molar-refractivity contribution is 0.400. The van der Waals surface area contributed by atoms with Gasteiger partial charge in [0.05, 0.1) is 7.11 Å². The van der Waals surface area contributed by atoms with Crippen LogP contribution >= 0.6 is 22.6 Å². The predicted octanol–water partition coefficient (Wildman–Crippen LogP) is 1.28. The summed E-state index contributed by atoms with van der Waals surface area (Å²) in [7, 11) is 1.55. The maximum atomic E-state index is 5.60. The summed E-state index contributed by atoms with van der Waals surface area (Å²) in [5, 5.41) is 0. The van der Waals surface area contributed by atoms with E-state index in [0.29, 0.717) is 11.6 Å². The van der Waals surface area contributed by atoms with Crippen LogP contribution in [0.4, 0.5) is 5.69 Å². The van der Waals surface area contributed by atoms with Crippen molar-refractivity contribution in [2.75, 3.05) is 12.8 Å². The maximum Gasteiger partial charge on any atom is 0.237 e. The lowest BCUT2D eigenvalue weighted by Crippen LogP contribution is -1.96. The third kappa shape index (κ3) is 1.31. The van der Waals surface area contributed by atoms with Gasteiger partial charge in [-0.3, -0.25) is 0 Å². The summed E-state index contributed by atoms with van der Waals surface area (Å²) in [6, 6.07) is 1.83. The van der Waals surface area contributed by atoms with Crippen LogP contribution in [0.1, 0.15) is 0 Å². The summed E-state index contributed by atoms with van der Waals surface area (Å²) < 4.78 is 5.85. The van der Waals surface area contributed by atoms with Crippen LogP contribution in [0.2, 0.25) is 0 Å². The molecule has 2 N–H and O–H groups in total. The molecular formula is C6H7IN2O. The van der Waals surface area contributed by atoms with Crippen molar-refractivity contribution < 1.29 is 4.74 Å². The van der Waals surface area contributed by atoms with Gasteiger partial charge in [0.2, 0.25) is 5.88 Å². The van der Waals surface area contributed by atoms with Gasteiger partial charge in [0.15, 0.2) is 0 Å². The average molecular weight is 250 g/mol. The van der Waals surface area contributed by atoms with E-state index in [0.717, 1.165) is 3.57 Å². The largest absolute Gasteiger partial charge is 0.480 e. The number of hydrogen-bond donors (Lipinski definition) is 1. The van der Waals surface area contributed by atoms with Gasteiger partial charge in [-0.15, -0.1) is 0 Å². The highest BCUT2D eigenvalue weighted by Gasteiger charge is 2.01. The average Bonchev–Trinajstić information content (AvgIpc) is 1.95. The lowest BCUT2D eigenvalue weighted by atomic mass is 10.4. The minimum atomic E-state index is 0.493. The minimum Gasteiger partial charge on any atom is -0.480 e. The van der Waals surface area contributed by atoms with Crippen molar-refractivity contribution in [3.63, 3.8) is 0 Å². The number of ether oxygens (including phenoxy) is 1. The lowest BCUT2D eigenvalue weighted by Gasteiger charge is -2.02. The third-order valence-electron chi connectivity index (χ3n) is 1.09. The number of methoxy groups -OCH3 is 1. The van der Waals surface area contributed by atoms with E-state index in [-0.39, 0.29) is 0 Å². The number of halogens is 1. The zero-order chi connectivity index (χ0) is 7.56. The smallest absolute Gasteiger partial charge is 0.237 e. The fourth-order valence-corrected chi connectivity index (χ4v) is 0.986. The van der Waals surface area contributed by atoms with Crippen LogP contribution < -0.4 is 10.5 Å². The Morgan fingerprint density at radius 2 is 2.40 bits per heavy atom. The van der Waals surface area contributed by atoms with E-state index < -0.39 is 0 Å². The first-order chi connectivity index (χ1) is 4.75. The normalized spacial score (nSPS) is 9.40. The first kappa shape index (κ1) is 7.59. The third-order valence-corrected chi connectivity index (χ3v) is 2.03. The summed E-state index contributed by atoms with van der Waals surface area (Å²) in [6.07, 6.45) is 1.66. The Hall–Kier alpha value is -0.520. The van der Waals surface area contributed by atoms with Crippen LogP contribution in [0.5, 0.6) is 5.88 Å². The summed E-state index contributed by atoms with van der Waals surface area (Å²) >= 11 is 2.13. The van der Waals surface area contributed by atoms with Crippen molar-refractivity contribution in [2.24, 2.45) is 0 Å². The number of nitrogen functional groups attached to an aromatic ring is 1. The van der Waals surface area contributed by atoms with Gasteiger partial charge in [0.1, 0.15) is 5.69 Å². The molecule has 0 saturated heterocycles. The molecule has 4 heteroatoms. The van der Waals surface area contributed by atoms with Crippen molar-refractivity contribution in [2.45, 2.75) is 0 Å². The molecule has 1 rings (SSSR count). The molecule has 10 heavy (non-hydrogen) atoms. The summed E-state index contributed by atoms with van der Waals surface area (Å²) in [6.45, 7) is 0. The molecule has 0 bridgehead atoms. The Bertz CT molecular complexity index is 239. The van der Waals surface area contributed by atoms with Crippen molar-refractivity contribution >= 4 is 28.3 Å². The molecule has 0 fully saturated rings. The van der Waals surface area contributed by atoms with Crippen LogP contribution in [0, 0.1) is 3.57 Å². The molecule has 1 aromatic rings. The molecule has 3 nitrogen and oxygen atoms in total. The predicted molar refractivity (Wildman–Crippen MR) is 47.9 cm³/mol. The van der Waals surface area contributed by atoms with Gasteiger partial charge in [0.25, 0.3) is 0 Å². The van der Waals surface area contributed by atoms with Crippen LogP contribution in [-0.2, 0) is 0 Å². The minimum absolute atomic E-state index is 0.493. The van der Waals surface area contributed by atoms with Crippen molar-refractivity contribution in [1.82, 2.24) is 4.98 Å². The van der Waals surface area contributed by atoms with Gasteiger partial charge in [-0.1, -0.05) is 0 Å². The zero-order valence-corrected chi connectivity index (χ0v) is 7.62. The SMILES string of the molecule is COc1nccc(I)c1N. The molecule has 0 aliphatic carbocycles. The topological polar surface area (TPSA) is 48.1 Å². The standard InChI is InChI=1S/C6H7IN2O/c1-10-6-5(8)4(7)2-3-9-6/h2-3H,8H2,1H3. The molecule has 0 amide bonds. The van der Waals surface area contributed by atoms with E-state index in [1.807, 2.05) is 6.07 Å². The van der Waals surface area contributed by atoms with E-state index in [1.54, 1.807) is 13.3 Å². The highest BCUT2D eigenvalue weighted by molar-refractivity contribution is 14.1. The molecule has 0 spiro atoms. The van der Waals surface area contributed by atoms with E-state index in [2.05, 4.69) is 27.6 Å². The molecule has 0 aliphatic rings. The van der Waals surface area contributed by atoms with Gasteiger partial charge < -0.3 is 10.5 Å². The van der Waals surface area contributed by atoms with Gasteiger partial charge in [0, 0.05) is 9.77 Å². The molecular weight excluding hydrogens is 243 g/mol. The Morgan fingerprint density at radius 3 is 2.90 bits per heavy atom.